The number of aromatic nitrogens is 1. The Labute approximate surface area is 165 Å². The van der Waals surface area contributed by atoms with E-state index in [0.29, 0.717) is 17.4 Å². The highest BCUT2D eigenvalue weighted by atomic mass is 35.5. The second-order valence-corrected chi connectivity index (χ2v) is 8.19. The molecule has 5 nitrogen and oxygen atoms in total. The molecule has 2 fully saturated rings. The number of hydrogen-bond acceptors (Lipinski definition) is 3. The maximum Gasteiger partial charge on any atom is 0.224 e. The van der Waals surface area contributed by atoms with Gasteiger partial charge in [-0.3, -0.25) is 9.69 Å². The van der Waals surface area contributed by atoms with Crippen molar-refractivity contribution in [2.75, 3.05) is 39.4 Å². The molecule has 1 aromatic carbocycles. The van der Waals surface area contributed by atoms with Crippen molar-refractivity contribution in [3.05, 3.63) is 34.5 Å². The smallest absolute Gasteiger partial charge is 0.224 e. The molecule has 1 aliphatic heterocycles. The van der Waals surface area contributed by atoms with Crippen molar-refractivity contribution in [3.8, 4) is 0 Å². The second kappa shape index (κ2) is 8.21. The van der Waals surface area contributed by atoms with Crippen LogP contribution in [0.5, 0.6) is 0 Å². The Kier molecular flexibility index (Phi) is 5.71. The molecule has 1 aromatic heterocycles. The number of benzene rings is 1. The molecule has 2 heterocycles. The van der Waals surface area contributed by atoms with Gasteiger partial charge in [0, 0.05) is 54.3 Å². The van der Waals surface area contributed by atoms with Gasteiger partial charge in [-0.1, -0.05) is 11.6 Å². The Morgan fingerprint density at radius 3 is 2.78 bits per heavy atom. The molecular weight excluding hydrogens is 362 g/mol. The number of rotatable bonds is 7. The Hall–Kier alpha value is -1.56. The molecule has 27 heavy (non-hydrogen) atoms. The molecular formula is C21H28ClN3O2. The number of amides is 1. The minimum atomic E-state index is 0.109. The van der Waals surface area contributed by atoms with Gasteiger partial charge in [-0.2, -0.15) is 0 Å². The van der Waals surface area contributed by atoms with Gasteiger partial charge >= 0.3 is 0 Å². The summed E-state index contributed by atoms with van der Waals surface area (Å²) in [4.78, 5) is 14.9. The summed E-state index contributed by atoms with van der Waals surface area (Å²) in [5.41, 5.74) is 3.43. The molecule has 1 amide bonds. The first kappa shape index (κ1) is 18.8. The largest absolute Gasteiger partial charge is 0.379 e. The number of nitrogens with one attached hydrogen (secondary N) is 1. The minimum absolute atomic E-state index is 0.109. The maximum absolute atomic E-state index is 12.5. The summed E-state index contributed by atoms with van der Waals surface area (Å²) in [5, 5.41) is 4.91. The zero-order valence-corrected chi connectivity index (χ0v) is 16.7. The molecule has 2 aromatic rings. The Bertz CT molecular complexity index is 822. The van der Waals surface area contributed by atoms with Crippen LogP contribution in [0.4, 0.5) is 0 Å². The van der Waals surface area contributed by atoms with Gasteiger partial charge in [0.2, 0.25) is 5.91 Å². The van der Waals surface area contributed by atoms with Crippen LogP contribution in [0.3, 0.4) is 0 Å². The molecule has 6 heteroatoms. The van der Waals surface area contributed by atoms with Crippen molar-refractivity contribution in [2.45, 2.75) is 32.7 Å². The first-order chi connectivity index (χ1) is 13.1. The van der Waals surface area contributed by atoms with Gasteiger partial charge in [0.1, 0.15) is 0 Å². The van der Waals surface area contributed by atoms with Crippen molar-refractivity contribution in [1.82, 2.24) is 14.8 Å². The van der Waals surface area contributed by atoms with Crippen molar-refractivity contribution in [1.29, 1.82) is 0 Å². The predicted molar refractivity (Wildman–Crippen MR) is 108 cm³/mol. The Morgan fingerprint density at radius 1 is 1.26 bits per heavy atom. The molecule has 0 spiro atoms. The van der Waals surface area contributed by atoms with Gasteiger partial charge in [0.05, 0.1) is 19.6 Å². The van der Waals surface area contributed by atoms with Crippen LogP contribution >= 0.6 is 11.6 Å². The quantitative estimate of drug-likeness (QED) is 0.791. The number of ether oxygens (including phenoxy) is 1. The van der Waals surface area contributed by atoms with Crippen LogP contribution in [0.2, 0.25) is 5.02 Å². The summed E-state index contributed by atoms with van der Waals surface area (Å²) in [6, 6.07) is 6.01. The van der Waals surface area contributed by atoms with E-state index < -0.39 is 0 Å². The average molecular weight is 390 g/mol. The number of carbonyl (C=O) groups is 1. The van der Waals surface area contributed by atoms with Gasteiger partial charge in [-0.05, 0) is 49.4 Å². The third-order valence-corrected chi connectivity index (χ3v) is 6.02. The average Bonchev–Trinajstić information content (AvgIpc) is 3.47. The van der Waals surface area contributed by atoms with E-state index in [0.717, 1.165) is 62.4 Å². The molecule has 1 saturated heterocycles. The summed E-state index contributed by atoms with van der Waals surface area (Å²) in [5.74, 6) is 0.802. The zero-order chi connectivity index (χ0) is 18.8. The van der Waals surface area contributed by atoms with Crippen LogP contribution < -0.4 is 5.32 Å². The third-order valence-electron chi connectivity index (χ3n) is 5.78. The van der Waals surface area contributed by atoms with Gasteiger partial charge in [-0.25, -0.2) is 0 Å². The topological polar surface area (TPSA) is 46.5 Å². The molecule has 1 N–H and O–H groups in total. The van der Waals surface area contributed by atoms with Gasteiger partial charge in [0.15, 0.2) is 0 Å². The maximum atomic E-state index is 12.5. The minimum Gasteiger partial charge on any atom is -0.379 e. The number of carbonyl (C=O) groups excluding carboxylic acids is 1. The number of hydrogen-bond donors (Lipinski definition) is 1. The zero-order valence-electron chi connectivity index (χ0n) is 16.0. The normalized spacial score (nSPS) is 18.1. The molecule has 4 rings (SSSR count). The van der Waals surface area contributed by atoms with Crippen LogP contribution in [0.15, 0.2) is 18.2 Å². The molecule has 0 atom stereocenters. The number of fused-ring (bicyclic) bond motifs is 1. The Morgan fingerprint density at radius 2 is 2.04 bits per heavy atom. The van der Waals surface area contributed by atoms with Crippen LogP contribution in [-0.4, -0.2) is 54.8 Å². The first-order valence-electron chi connectivity index (χ1n) is 9.96. The number of morpholine rings is 1. The fraction of sp³-hybridized carbons (Fsp3) is 0.571. The number of halogens is 1. The van der Waals surface area contributed by atoms with E-state index in [4.69, 9.17) is 16.3 Å². The lowest BCUT2D eigenvalue weighted by Gasteiger charge is -2.27. The molecule has 1 aliphatic carbocycles. The van der Waals surface area contributed by atoms with E-state index in [1.54, 1.807) is 0 Å². The lowest BCUT2D eigenvalue weighted by molar-refractivity contribution is -0.120. The van der Waals surface area contributed by atoms with E-state index in [-0.39, 0.29) is 5.91 Å². The third kappa shape index (κ3) is 4.48. The second-order valence-electron chi connectivity index (χ2n) is 7.76. The molecule has 1 saturated carbocycles. The van der Waals surface area contributed by atoms with Crippen LogP contribution in [0, 0.1) is 12.8 Å². The molecule has 2 aliphatic rings. The van der Waals surface area contributed by atoms with E-state index in [1.165, 1.54) is 18.5 Å². The molecule has 0 unspecified atom stereocenters. The fourth-order valence-corrected chi connectivity index (χ4v) is 4.08. The number of nitrogens with zero attached hydrogens (tertiary/aromatic N) is 2. The lowest BCUT2D eigenvalue weighted by atomic mass is 10.1. The summed E-state index contributed by atoms with van der Waals surface area (Å²) in [6.45, 7) is 8.44. The van der Waals surface area contributed by atoms with E-state index >= 15 is 0 Å². The highest BCUT2D eigenvalue weighted by molar-refractivity contribution is 6.31. The standard InChI is InChI=1S/C21H28ClN3O2/c1-15-18(13-21(26)23-14-16-2-3-16)19-12-17(22)4-5-20(19)25(15)7-6-24-8-10-27-11-9-24/h4-5,12,16H,2-3,6-11,13-14H2,1H3,(H,23,26). The van der Waals surface area contributed by atoms with E-state index in [2.05, 4.69) is 27.8 Å². The summed E-state index contributed by atoms with van der Waals surface area (Å²) >= 11 is 6.27. The van der Waals surface area contributed by atoms with Crippen LogP contribution in [0.1, 0.15) is 24.1 Å². The fourth-order valence-electron chi connectivity index (χ4n) is 3.90. The van der Waals surface area contributed by atoms with Crippen LogP contribution in [-0.2, 0) is 22.5 Å². The molecule has 0 radical (unpaired) electrons. The monoisotopic (exact) mass is 389 g/mol. The van der Waals surface area contributed by atoms with E-state index in [1.807, 2.05) is 12.1 Å². The van der Waals surface area contributed by atoms with Gasteiger partial charge < -0.3 is 14.6 Å². The lowest BCUT2D eigenvalue weighted by Crippen LogP contribution is -2.38. The highest BCUT2D eigenvalue weighted by Crippen LogP contribution is 2.30. The van der Waals surface area contributed by atoms with Gasteiger partial charge in [-0.15, -0.1) is 0 Å². The SMILES string of the molecule is Cc1c(CC(=O)NCC2CC2)c2cc(Cl)ccc2n1CCN1CCOCC1. The summed E-state index contributed by atoms with van der Waals surface area (Å²) in [6.07, 6.45) is 2.91. The highest BCUT2D eigenvalue weighted by Gasteiger charge is 2.23. The molecule has 146 valence electrons. The van der Waals surface area contributed by atoms with Crippen molar-refractivity contribution in [2.24, 2.45) is 5.92 Å². The van der Waals surface area contributed by atoms with Gasteiger partial charge in [0.25, 0.3) is 0 Å². The summed E-state index contributed by atoms with van der Waals surface area (Å²) in [7, 11) is 0. The Balaban J connectivity index is 1.54. The first-order valence-corrected chi connectivity index (χ1v) is 10.3. The molecule has 0 bridgehead atoms. The van der Waals surface area contributed by atoms with Crippen molar-refractivity contribution < 1.29 is 9.53 Å². The van der Waals surface area contributed by atoms with Crippen molar-refractivity contribution >= 4 is 28.4 Å². The van der Waals surface area contributed by atoms with E-state index in [9.17, 15) is 4.79 Å². The van der Waals surface area contributed by atoms with Crippen molar-refractivity contribution in [3.63, 3.8) is 0 Å². The predicted octanol–water partition coefficient (Wildman–Crippen LogP) is 3.00. The van der Waals surface area contributed by atoms with Crippen LogP contribution in [0.25, 0.3) is 10.9 Å². The summed E-state index contributed by atoms with van der Waals surface area (Å²) < 4.78 is 7.78.